The van der Waals surface area contributed by atoms with E-state index < -0.39 is 12.0 Å². The van der Waals surface area contributed by atoms with Crippen molar-refractivity contribution in [3.8, 4) is 0 Å². The van der Waals surface area contributed by atoms with Crippen LogP contribution in [0.2, 0.25) is 0 Å². The highest BCUT2D eigenvalue weighted by Crippen LogP contribution is 2.29. The van der Waals surface area contributed by atoms with Gasteiger partial charge in [0.05, 0.1) is 13.2 Å². The van der Waals surface area contributed by atoms with Gasteiger partial charge >= 0.3 is 6.18 Å². The molecular formula is C12H20F3N5O. The van der Waals surface area contributed by atoms with Gasteiger partial charge in [0.1, 0.15) is 5.82 Å². The van der Waals surface area contributed by atoms with Crippen LogP contribution in [0.1, 0.15) is 18.1 Å². The molecule has 0 saturated heterocycles. The van der Waals surface area contributed by atoms with Gasteiger partial charge < -0.3 is 14.6 Å². The van der Waals surface area contributed by atoms with Crippen LogP contribution in [0.4, 0.5) is 13.2 Å². The average molecular weight is 307 g/mol. The van der Waals surface area contributed by atoms with Crippen molar-refractivity contribution in [2.24, 2.45) is 0 Å². The maximum absolute atomic E-state index is 12.7. The summed E-state index contributed by atoms with van der Waals surface area (Å²) in [7, 11) is 1.65. The highest BCUT2D eigenvalue weighted by atomic mass is 19.4. The highest BCUT2D eigenvalue weighted by Gasteiger charge is 2.39. The normalized spacial score (nSPS) is 16.2. The van der Waals surface area contributed by atoms with Crippen molar-refractivity contribution in [3.05, 3.63) is 11.6 Å². The van der Waals surface area contributed by atoms with Crippen molar-refractivity contribution in [2.45, 2.75) is 25.7 Å². The Kier molecular flexibility index (Phi) is 5.54. The lowest BCUT2D eigenvalue weighted by Crippen LogP contribution is -2.36. The van der Waals surface area contributed by atoms with Crippen LogP contribution in [-0.2, 0) is 24.0 Å². The van der Waals surface area contributed by atoms with E-state index in [1.54, 1.807) is 7.11 Å². The Balaban J connectivity index is 1.77. The van der Waals surface area contributed by atoms with Crippen molar-refractivity contribution in [3.63, 3.8) is 0 Å². The molecule has 0 bridgehead atoms. The van der Waals surface area contributed by atoms with E-state index in [0.29, 0.717) is 25.5 Å². The minimum Gasteiger partial charge on any atom is -0.383 e. The SMILES string of the molecule is COCCNCCCN1CCn2c(nnc2C(F)(F)F)C1. The van der Waals surface area contributed by atoms with Gasteiger partial charge in [-0.25, -0.2) is 0 Å². The van der Waals surface area contributed by atoms with E-state index in [4.69, 9.17) is 4.74 Å². The van der Waals surface area contributed by atoms with Crippen LogP contribution in [-0.4, -0.2) is 59.6 Å². The number of aromatic nitrogens is 3. The first-order valence-corrected chi connectivity index (χ1v) is 6.93. The first-order chi connectivity index (χ1) is 10.0. The second kappa shape index (κ2) is 7.19. The van der Waals surface area contributed by atoms with E-state index in [1.165, 1.54) is 4.57 Å². The fourth-order valence-corrected chi connectivity index (χ4v) is 2.34. The maximum atomic E-state index is 12.7. The van der Waals surface area contributed by atoms with Crippen LogP contribution in [0.25, 0.3) is 0 Å². The Morgan fingerprint density at radius 2 is 2.05 bits per heavy atom. The minimum atomic E-state index is -4.43. The predicted octanol–water partition coefficient (Wildman–Crippen LogP) is 0.739. The minimum absolute atomic E-state index is 0.286. The summed E-state index contributed by atoms with van der Waals surface area (Å²) in [6.45, 7) is 4.46. The Hall–Kier alpha value is -1.19. The molecule has 0 radical (unpaired) electrons. The molecule has 120 valence electrons. The van der Waals surface area contributed by atoms with Crippen molar-refractivity contribution in [1.29, 1.82) is 0 Å². The number of halogens is 3. The molecule has 1 aliphatic rings. The summed E-state index contributed by atoms with van der Waals surface area (Å²) in [5.41, 5.74) is 0. The number of methoxy groups -OCH3 is 1. The van der Waals surface area contributed by atoms with Crippen LogP contribution in [0.5, 0.6) is 0 Å². The number of ether oxygens (including phenoxy) is 1. The summed E-state index contributed by atoms with van der Waals surface area (Å²) in [5.74, 6) is -0.501. The third-order valence-electron chi connectivity index (χ3n) is 3.40. The van der Waals surface area contributed by atoms with Crippen LogP contribution in [0.3, 0.4) is 0 Å². The third kappa shape index (κ3) is 4.39. The van der Waals surface area contributed by atoms with E-state index >= 15 is 0 Å². The molecule has 0 amide bonds. The van der Waals surface area contributed by atoms with Crippen molar-refractivity contribution in [2.75, 3.05) is 39.9 Å². The second-order valence-electron chi connectivity index (χ2n) is 4.96. The van der Waals surface area contributed by atoms with Gasteiger partial charge in [-0.15, -0.1) is 10.2 Å². The molecule has 0 saturated carbocycles. The van der Waals surface area contributed by atoms with Gasteiger partial charge in [-0.2, -0.15) is 13.2 Å². The lowest BCUT2D eigenvalue weighted by Gasteiger charge is -2.27. The predicted molar refractivity (Wildman–Crippen MR) is 69.7 cm³/mol. The summed E-state index contributed by atoms with van der Waals surface area (Å²) in [6.07, 6.45) is -3.50. The molecule has 1 N–H and O–H groups in total. The summed E-state index contributed by atoms with van der Waals surface area (Å²) in [5, 5.41) is 10.2. The fourth-order valence-electron chi connectivity index (χ4n) is 2.34. The smallest absolute Gasteiger partial charge is 0.383 e. The summed E-state index contributed by atoms with van der Waals surface area (Å²) < 4.78 is 44.2. The molecule has 9 heteroatoms. The number of hydrogen-bond acceptors (Lipinski definition) is 5. The number of hydrogen-bond donors (Lipinski definition) is 1. The molecule has 21 heavy (non-hydrogen) atoms. The molecule has 2 rings (SSSR count). The van der Waals surface area contributed by atoms with E-state index in [2.05, 4.69) is 20.4 Å². The molecule has 1 aromatic heterocycles. The van der Waals surface area contributed by atoms with Crippen molar-refractivity contribution < 1.29 is 17.9 Å². The van der Waals surface area contributed by atoms with Gasteiger partial charge in [-0.3, -0.25) is 4.90 Å². The van der Waals surface area contributed by atoms with Gasteiger partial charge in [0, 0.05) is 26.7 Å². The van der Waals surface area contributed by atoms with Crippen molar-refractivity contribution in [1.82, 2.24) is 25.0 Å². The number of rotatable bonds is 7. The van der Waals surface area contributed by atoms with Crippen LogP contribution in [0, 0.1) is 0 Å². The van der Waals surface area contributed by atoms with E-state index in [-0.39, 0.29) is 6.54 Å². The van der Waals surface area contributed by atoms with Gasteiger partial charge in [0.15, 0.2) is 0 Å². The molecule has 2 heterocycles. The molecule has 6 nitrogen and oxygen atoms in total. The fraction of sp³-hybridized carbons (Fsp3) is 0.833. The first kappa shape index (κ1) is 16.2. The molecule has 0 aromatic carbocycles. The van der Waals surface area contributed by atoms with Gasteiger partial charge in [-0.05, 0) is 19.5 Å². The quantitative estimate of drug-likeness (QED) is 0.753. The highest BCUT2D eigenvalue weighted by molar-refractivity contribution is 5.02. The molecule has 1 aliphatic heterocycles. The molecular weight excluding hydrogens is 287 g/mol. The molecule has 0 unspecified atom stereocenters. The Morgan fingerprint density at radius 1 is 1.24 bits per heavy atom. The number of fused-ring (bicyclic) bond motifs is 1. The summed E-state index contributed by atoms with van der Waals surface area (Å²) >= 11 is 0. The van der Waals surface area contributed by atoms with E-state index in [1.807, 2.05) is 0 Å². The first-order valence-electron chi connectivity index (χ1n) is 6.93. The van der Waals surface area contributed by atoms with Gasteiger partial charge in [-0.1, -0.05) is 0 Å². The molecule has 0 spiro atoms. The van der Waals surface area contributed by atoms with Gasteiger partial charge in [0.2, 0.25) is 5.82 Å². The number of nitrogens with zero attached hydrogens (tertiary/aromatic N) is 4. The number of alkyl halides is 3. The van der Waals surface area contributed by atoms with E-state index in [9.17, 15) is 13.2 Å². The lowest BCUT2D eigenvalue weighted by atomic mass is 10.3. The van der Waals surface area contributed by atoms with Crippen molar-refractivity contribution >= 4 is 0 Å². The largest absolute Gasteiger partial charge is 0.451 e. The molecule has 1 aromatic rings. The second-order valence-corrected chi connectivity index (χ2v) is 4.96. The standard InChI is InChI=1S/C12H20F3N5O/c1-21-8-4-16-3-2-5-19-6-7-20-10(9-19)17-18-11(20)12(13,14)15/h16H,2-9H2,1H3. The van der Waals surface area contributed by atoms with Crippen LogP contribution in [0.15, 0.2) is 0 Å². The zero-order valence-electron chi connectivity index (χ0n) is 12.0. The molecule has 0 fully saturated rings. The maximum Gasteiger partial charge on any atom is 0.451 e. The van der Waals surface area contributed by atoms with Crippen LogP contribution < -0.4 is 5.32 Å². The zero-order chi connectivity index (χ0) is 15.3. The Labute approximate surface area is 121 Å². The molecule has 0 aliphatic carbocycles. The molecule has 0 atom stereocenters. The summed E-state index contributed by atoms with van der Waals surface area (Å²) in [6, 6.07) is 0. The zero-order valence-corrected chi connectivity index (χ0v) is 12.0. The lowest BCUT2D eigenvalue weighted by molar-refractivity contribution is -0.148. The topological polar surface area (TPSA) is 55.2 Å². The third-order valence-corrected chi connectivity index (χ3v) is 3.40. The van der Waals surface area contributed by atoms with E-state index in [0.717, 1.165) is 26.1 Å². The summed E-state index contributed by atoms with van der Waals surface area (Å²) in [4.78, 5) is 2.10. The average Bonchev–Trinajstić information content (AvgIpc) is 2.85. The Morgan fingerprint density at radius 3 is 2.76 bits per heavy atom. The monoisotopic (exact) mass is 307 g/mol. The van der Waals surface area contributed by atoms with Gasteiger partial charge in [0.25, 0.3) is 0 Å². The van der Waals surface area contributed by atoms with Crippen LogP contribution >= 0.6 is 0 Å². The Bertz CT molecular complexity index is 449. The number of nitrogens with one attached hydrogen (secondary N) is 1.